The molecule has 2 nitrogen and oxygen atoms in total. The molecule has 0 saturated carbocycles. The van der Waals surface area contributed by atoms with Crippen molar-refractivity contribution in [3.63, 3.8) is 0 Å². The lowest BCUT2D eigenvalue weighted by Gasteiger charge is -2.11. The van der Waals surface area contributed by atoms with E-state index in [-0.39, 0.29) is 5.38 Å². The van der Waals surface area contributed by atoms with E-state index in [2.05, 4.69) is 18.0 Å². The largest absolute Gasteiger partial charge is 0.383 e. The van der Waals surface area contributed by atoms with Crippen molar-refractivity contribution in [2.24, 2.45) is 0 Å². The van der Waals surface area contributed by atoms with E-state index >= 15 is 0 Å². The van der Waals surface area contributed by atoms with Gasteiger partial charge in [0.05, 0.1) is 5.38 Å². The van der Waals surface area contributed by atoms with Crippen LogP contribution in [0.15, 0.2) is 18.3 Å². The molecule has 0 radical (unpaired) electrons. The van der Waals surface area contributed by atoms with Crippen LogP contribution in [0.2, 0.25) is 0 Å². The van der Waals surface area contributed by atoms with E-state index in [1.54, 1.807) is 6.20 Å². The van der Waals surface area contributed by atoms with Crippen molar-refractivity contribution in [3.8, 4) is 0 Å². The molecule has 0 spiro atoms. The highest BCUT2D eigenvalue weighted by Crippen LogP contribution is 2.32. The minimum absolute atomic E-state index is 0.136. The molecule has 1 unspecified atom stereocenters. The summed E-state index contributed by atoms with van der Waals surface area (Å²) in [6.45, 7) is 2.07. The van der Waals surface area contributed by atoms with Crippen molar-refractivity contribution in [2.75, 3.05) is 5.73 Å². The summed E-state index contributed by atoms with van der Waals surface area (Å²) >= 11 is 6.23. The van der Waals surface area contributed by atoms with Crippen molar-refractivity contribution in [1.29, 1.82) is 0 Å². The zero-order chi connectivity index (χ0) is 11.5. The molecule has 1 atom stereocenters. The number of halogens is 1. The lowest BCUT2D eigenvalue weighted by Crippen LogP contribution is -2.00. The molecule has 1 heterocycles. The van der Waals surface area contributed by atoms with Crippen LogP contribution < -0.4 is 5.73 Å². The normalized spacial score (nSPS) is 21.4. The van der Waals surface area contributed by atoms with E-state index in [1.807, 2.05) is 6.07 Å². The second kappa shape index (κ2) is 4.88. The minimum atomic E-state index is 0.136. The van der Waals surface area contributed by atoms with Gasteiger partial charge in [0.2, 0.25) is 0 Å². The van der Waals surface area contributed by atoms with E-state index in [0.717, 1.165) is 18.4 Å². The Kier molecular flexibility index (Phi) is 3.49. The Hall–Kier alpha value is -1.02. The Labute approximate surface area is 102 Å². The average Bonchev–Trinajstić information content (AvgIpc) is 2.43. The zero-order valence-corrected chi connectivity index (χ0v) is 10.3. The third-order valence-corrected chi connectivity index (χ3v) is 3.41. The molecule has 1 aromatic heterocycles. The SMILES string of the molecule is Cc1ccnc(N)c1C1=CC(Cl)CCCC1. The number of alkyl halides is 1. The first-order chi connectivity index (χ1) is 7.68. The molecule has 1 aliphatic carbocycles. The summed E-state index contributed by atoms with van der Waals surface area (Å²) in [5.41, 5.74) is 9.50. The highest BCUT2D eigenvalue weighted by molar-refractivity contribution is 6.22. The van der Waals surface area contributed by atoms with Gasteiger partial charge in [0.25, 0.3) is 0 Å². The van der Waals surface area contributed by atoms with Gasteiger partial charge in [-0.25, -0.2) is 4.98 Å². The second-order valence-electron chi connectivity index (χ2n) is 4.34. The van der Waals surface area contributed by atoms with E-state index < -0.39 is 0 Å². The zero-order valence-electron chi connectivity index (χ0n) is 9.54. The number of aryl methyl sites for hydroxylation is 1. The molecule has 0 bridgehead atoms. The van der Waals surface area contributed by atoms with Gasteiger partial charge in [0, 0.05) is 11.8 Å². The molecule has 0 saturated heterocycles. The fourth-order valence-corrected chi connectivity index (χ4v) is 2.55. The number of hydrogen-bond acceptors (Lipinski definition) is 2. The van der Waals surface area contributed by atoms with E-state index in [4.69, 9.17) is 17.3 Å². The first kappa shape index (κ1) is 11.5. The molecule has 0 amide bonds. The Morgan fingerprint density at radius 3 is 3.00 bits per heavy atom. The lowest BCUT2D eigenvalue weighted by molar-refractivity contribution is 0.724. The molecule has 86 valence electrons. The highest BCUT2D eigenvalue weighted by Gasteiger charge is 2.15. The lowest BCUT2D eigenvalue weighted by atomic mass is 9.98. The number of hydrogen-bond donors (Lipinski definition) is 1. The molecule has 1 aliphatic rings. The molecule has 16 heavy (non-hydrogen) atoms. The van der Waals surface area contributed by atoms with Crippen LogP contribution >= 0.6 is 11.6 Å². The maximum Gasteiger partial charge on any atom is 0.131 e. The van der Waals surface area contributed by atoms with Crippen LogP contribution in [0.1, 0.15) is 36.8 Å². The van der Waals surface area contributed by atoms with Gasteiger partial charge in [-0.15, -0.1) is 11.6 Å². The van der Waals surface area contributed by atoms with Gasteiger partial charge < -0.3 is 5.73 Å². The number of rotatable bonds is 1. The van der Waals surface area contributed by atoms with Gasteiger partial charge >= 0.3 is 0 Å². The summed E-state index contributed by atoms with van der Waals surface area (Å²) in [7, 11) is 0. The summed E-state index contributed by atoms with van der Waals surface area (Å²) in [6, 6.07) is 2.00. The number of pyridine rings is 1. The number of nitrogens with two attached hydrogens (primary N) is 1. The second-order valence-corrected chi connectivity index (χ2v) is 4.90. The fraction of sp³-hybridized carbons (Fsp3) is 0.462. The molecule has 0 aromatic carbocycles. The molecule has 0 aliphatic heterocycles. The van der Waals surface area contributed by atoms with Crippen molar-refractivity contribution in [1.82, 2.24) is 4.98 Å². The van der Waals surface area contributed by atoms with Gasteiger partial charge in [0.1, 0.15) is 5.82 Å². The van der Waals surface area contributed by atoms with Gasteiger partial charge in [-0.3, -0.25) is 0 Å². The fourth-order valence-electron chi connectivity index (χ4n) is 2.25. The molecular weight excluding hydrogens is 220 g/mol. The van der Waals surface area contributed by atoms with Crippen LogP contribution in [-0.2, 0) is 0 Å². The van der Waals surface area contributed by atoms with Crippen LogP contribution in [-0.4, -0.2) is 10.4 Å². The monoisotopic (exact) mass is 236 g/mol. The third-order valence-electron chi connectivity index (χ3n) is 3.07. The number of nitrogen functional groups attached to an aromatic ring is 1. The smallest absolute Gasteiger partial charge is 0.131 e. The van der Waals surface area contributed by atoms with Crippen LogP contribution in [0.25, 0.3) is 5.57 Å². The summed E-state index contributed by atoms with van der Waals surface area (Å²) in [6.07, 6.45) is 8.39. The van der Waals surface area contributed by atoms with Crippen molar-refractivity contribution in [3.05, 3.63) is 29.5 Å². The quantitative estimate of drug-likeness (QED) is 0.758. The summed E-state index contributed by atoms with van der Waals surface area (Å²) in [5.74, 6) is 0.622. The van der Waals surface area contributed by atoms with Crippen molar-refractivity contribution < 1.29 is 0 Å². The molecule has 2 rings (SSSR count). The first-order valence-electron chi connectivity index (χ1n) is 5.74. The number of aromatic nitrogens is 1. The molecular formula is C13H17ClN2. The predicted octanol–water partition coefficient (Wildman–Crippen LogP) is 3.54. The number of nitrogens with zero attached hydrogens (tertiary/aromatic N) is 1. The summed E-state index contributed by atoms with van der Waals surface area (Å²) in [5, 5.41) is 0.136. The van der Waals surface area contributed by atoms with Crippen molar-refractivity contribution >= 4 is 23.0 Å². The minimum Gasteiger partial charge on any atom is -0.383 e. The van der Waals surface area contributed by atoms with Crippen LogP contribution in [0.4, 0.5) is 5.82 Å². The third kappa shape index (κ3) is 2.38. The van der Waals surface area contributed by atoms with Gasteiger partial charge in [-0.05, 0) is 43.4 Å². The summed E-state index contributed by atoms with van der Waals surface area (Å²) in [4.78, 5) is 4.16. The average molecular weight is 237 g/mol. The standard InChI is InChI=1S/C13H17ClN2/c1-9-6-7-16-13(15)12(9)10-4-2-3-5-11(14)8-10/h6-8,11H,2-5H2,1H3,(H2,15,16). The molecule has 2 N–H and O–H groups in total. The summed E-state index contributed by atoms with van der Waals surface area (Å²) < 4.78 is 0. The number of anilines is 1. The van der Waals surface area contributed by atoms with Crippen LogP contribution in [0, 0.1) is 6.92 Å². The number of allylic oxidation sites excluding steroid dienone is 2. The van der Waals surface area contributed by atoms with Gasteiger partial charge in [0.15, 0.2) is 0 Å². The topological polar surface area (TPSA) is 38.9 Å². The van der Waals surface area contributed by atoms with Crippen molar-refractivity contribution in [2.45, 2.75) is 38.0 Å². The Bertz CT molecular complexity index is 392. The Morgan fingerprint density at radius 2 is 2.25 bits per heavy atom. The maximum absolute atomic E-state index is 6.23. The Morgan fingerprint density at radius 1 is 1.44 bits per heavy atom. The first-order valence-corrected chi connectivity index (χ1v) is 6.18. The van der Waals surface area contributed by atoms with E-state index in [0.29, 0.717) is 5.82 Å². The van der Waals surface area contributed by atoms with Gasteiger partial charge in [-0.2, -0.15) is 0 Å². The predicted molar refractivity (Wildman–Crippen MR) is 69.5 cm³/mol. The van der Waals surface area contributed by atoms with Gasteiger partial charge in [-0.1, -0.05) is 12.5 Å². The highest BCUT2D eigenvalue weighted by atomic mass is 35.5. The van der Waals surface area contributed by atoms with Crippen LogP contribution in [0.5, 0.6) is 0 Å². The molecule has 0 fully saturated rings. The molecule has 3 heteroatoms. The van der Waals surface area contributed by atoms with E-state index in [9.17, 15) is 0 Å². The van der Waals surface area contributed by atoms with Crippen LogP contribution in [0.3, 0.4) is 0 Å². The molecule has 1 aromatic rings. The Balaban J connectivity index is 2.42. The van der Waals surface area contributed by atoms with E-state index in [1.165, 1.54) is 24.0 Å². The maximum atomic E-state index is 6.23.